The SMILES string of the molecule is N#CC1=C2C=CC=C(N2)c2cccc(n2)C(C#N)=C2C=CC=C(N2)c2cccc1n2. The third-order valence-corrected chi connectivity index (χ3v) is 4.91. The highest BCUT2D eigenvalue weighted by Gasteiger charge is 2.19. The van der Waals surface area contributed by atoms with Gasteiger partial charge in [-0.1, -0.05) is 24.3 Å². The topological polar surface area (TPSA) is 97.4 Å². The van der Waals surface area contributed by atoms with E-state index in [2.05, 4.69) is 22.8 Å². The van der Waals surface area contributed by atoms with Crippen LogP contribution in [0, 0.1) is 22.7 Å². The van der Waals surface area contributed by atoms with E-state index in [9.17, 15) is 10.5 Å². The largest absolute Gasteiger partial charge is 0.353 e. The van der Waals surface area contributed by atoms with E-state index < -0.39 is 0 Å². The normalized spacial score (nSPS) is 16.3. The van der Waals surface area contributed by atoms with Crippen LogP contribution in [-0.2, 0) is 0 Å². The first-order chi connectivity index (χ1) is 14.8. The van der Waals surface area contributed by atoms with Crippen molar-refractivity contribution >= 4 is 22.5 Å². The predicted molar refractivity (Wildman–Crippen MR) is 114 cm³/mol. The number of dihydropyridines is 2. The Morgan fingerprint density at radius 2 is 1.07 bits per heavy atom. The number of pyridine rings is 2. The van der Waals surface area contributed by atoms with Crippen LogP contribution in [-0.4, -0.2) is 9.97 Å². The van der Waals surface area contributed by atoms with Gasteiger partial charge in [0.15, 0.2) is 0 Å². The van der Waals surface area contributed by atoms with Gasteiger partial charge in [-0.15, -0.1) is 0 Å². The molecule has 3 aliphatic heterocycles. The molecule has 6 nitrogen and oxygen atoms in total. The van der Waals surface area contributed by atoms with E-state index in [1.165, 1.54) is 0 Å². The second kappa shape index (κ2) is 7.05. The zero-order valence-corrected chi connectivity index (χ0v) is 15.7. The molecule has 2 aromatic heterocycles. The minimum Gasteiger partial charge on any atom is -0.353 e. The summed E-state index contributed by atoms with van der Waals surface area (Å²) in [5, 5.41) is 26.3. The van der Waals surface area contributed by atoms with Crippen molar-refractivity contribution in [3.63, 3.8) is 0 Å². The molecule has 30 heavy (non-hydrogen) atoms. The molecule has 0 aliphatic carbocycles. The summed E-state index contributed by atoms with van der Waals surface area (Å²) in [4.78, 5) is 9.40. The zero-order chi connectivity index (χ0) is 20.5. The van der Waals surface area contributed by atoms with Crippen LogP contribution >= 0.6 is 0 Å². The summed E-state index contributed by atoms with van der Waals surface area (Å²) >= 11 is 0. The molecule has 3 aliphatic rings. The van der Waals surface area contributed by atoms with Crippen LogP contribution in [0.25, 0.3) is 22.5 Å². The highest BCUT2D eigenvalue weighted by Crippen LogP contribution is 2.27. The Morgan fingerprint density at radius 1 is 0.633 bits per heavy atom. The highest BCUT2D eigenvalue weighted by atomic mass is 15.0. The Balaban J connectivity index is 1.81. The first-order valence-corrected chi connectivity index (χ1v) is 9.32. The van der Waals surface area contributed by atoms with Gasteiger partial charge in [-0.3, -0.25) is 0 Å². The van der Waals surface area contributed by atoms with Crippen LogP contribution in [0.1, 0.15) is 22.8 Å². The van der Waals surface area contributed by atoms with Gasteiger partial charge in [0, 0.05) is 0 Å². The van der Waals surface area contributed by atoms with Crippen molar-refractivity contribution < 1.29 is 0 Å². The number of aromatic nitrogens is 2. The molecule has 2 N–H and O–H groups in total. The summed E-state index contributed by atoms with van der Waals surface area (Å²) in [6, 6.07) is 15.6. The average Bonchev–Trinajstić information content (AvgIpc) is 2.81. The van der Waals surface area contributed by atoms with Crippen LogP contribution in [0.3, 0.4) is 0 Å². The number of hydrogen-bond donors (Lipinski definition) is 2. The predicted octanol–water partition coefficient (Wildman–Crippen LogP) is 3.66. The fourth-order valence-corrected chi connectivity index (χ4v) is 3.49. The molecular weight excluding hydrogens is 372 g/mol. The minimum atomic E-state index is 0.437. The molecule has 0 radical (unpaired) electrons. The molecule has 5 rings (SSSR count). The van der Waals surface area contributed by atoms with Crippen molar-refractivity contribution in [2.24, 2.45) is 0 Å². The number of hydrogen-bond acceptors (Lipinski definition) is 6. The van der Waals surface area contributed by atoms with E-state index in [-0.39, 0.29) is 0 Å². The Labute approximate surface area is 173 Å². The third kappa shape index (κ3) is 2.90. The molecule has 0 fully saturated rings. The number of nitrogens with one attached hydrogen (secondary N) is 2. The summed E-state index contributed by atoms with van der Waals surface area (Å²) in [5.74, 6) is 0. The monoisotopic (exact) mass is 386 g/mol. The highest BCUT2D eigenvalue weighted by molar-refractivity contribution is 5.86. The second-order valence-electron chi connectivity index (χ2n) is 6.75. The van der Waals surface area contributed by atoms with E-state index in [4.69, 9.17) is 9.97 Å². The van der Waals surface area contributed by atoms with Crippen molar-refractivity contribution in [2.45, 2.75) is 0 Å². The molecule has 0 saturated carbocycles. The van der Waals surface area contributed by atoms with Crippen molar-refractivity contribution in [2.75, 3.05) is 0 Å². The van der Waals surface area contributed by atoms with Gasteiger partial charge in [0.2, 0.25) is 0 Å². The molecule has 140 valence electrons. The summed E-state index contributed by atoms with van der Waals surface area (Å²) in [6.45, 7) is 0. The van der Waals surface area contributed by atoms with E-state index in [1.54, 1.807) is 0 Å². The molecule has 0 spiro atoms. The lowest BCUT2D eigenvalue weighted by Crippen LogP contribution is -2.19. The molecule has 2 aromatic rings. The molecule has 8 bridgehead atoms. The van der Waals surface area contributed by atoms with Crippen molar-refractivity contribution in [1.82, 2.24) is 20.6 Å². The summed E-state index contributed by atoms with van der Waals surface area (Å²) < 4.78 is 0. The Hall–Kier alpha value is -4.68. The maximum Gasteiger partial charge on any atom is 0.104 e. The minimum absolute atomic E-state index is 0.437. The van der Waals surface area contributed by atoms with E-state index in [0.29, 0.717) is 45.3 Å². The summed E-state index contributed by atoms with van der Waals surface area (Å²) in [6.07, 6.45) is 11.2. The maximum atomic E-state index is 9.87. The molecule has 0 amide bonds. The molecule has 5 heterocycles. The standard InChI is InChI=1S/C24H14N6/c25-13-15-17-5-1-9-21(27-17)22-10-2-7-19(28-22)16(14-26)20-8-4-12-24(30-20)23-11-3-6-18(15)29-23/h1-12,27,30H. The van der Waals surface area contributed by atoms with Gasteiger partial charge in [0.25, 0.3) is 0 Å². The lowest BCUT2D eigenvalue weighted by atomic mass is 10.0. The van der Waals surface area contributed by atoms with Gasteiger partial charge in [0.1, 0.15) is 23.3 Å². The van der Waals surface area contributed by atoms with Crippen molar-refractivity contribution in [3.8, 4) is 12.1 Å². The molecule has 0 atom stereocenters. The second-order valence-corrected chi connectivity index (χ2v) is 6.75. The smallest absolute Gasteiger partial charge is 0.104 e. The summed E-state index contributed by atoms with van der Waals surface area (Å²) in [5.41, 5.74) is 6.12. The van der Waals surface area contributed by atoms with Gasteiger partial charge in [-0.05, 0) is 48.6 Å². The van der Waals surface area contributed by atoms with Crippen LogP contribution in [0.4, 0.5) is 0 Å². The van der Waals surface area contributed by atoms with Crippen molar-refractivity contribution in [1.29, 1.82) is 10.5 Å². The number of fused-ring (bicyclic) bond motifs is 10. The molecule has 6 heteroatoms. The van der Waals surface area contributed by atoms with E-state index in [1.807, 2.05) is 72.9 Å². The fourth-order valence-electron chi connectivity index (χ4n) is 3.49. The number of nitrogens with zero attached hydrogens (tertiary/aromatic N) is 4. The quantitative estimate of drug-likeness (QED) is 0.717. The number of nitriles is 2. The lowest BCUT2D eigenvalue weighted by Gasteiger charge is -2.20. The van der Waals surface area contributed by atoms with E-state index in [0.717, 1.165) is 11.4 Å². The first kappa shape index (κ1) is 17.4. The van der Waals surface area contributed by atoms with Gasteiger partial charge in [-0.2, -0.15) is 10.5 Å². The molecule has 0 unspecified atom stereocenters. The van der Waals surface area contributed by atoms with E-state index >= 15 is 0 Å². The Morgan fingerprint density at radius 3 is 1.50 bits per heavy atom. The van der Waals surface area contributed by atoms with Gasteiger partial charge < -0.3 is 10.6 Å². The third-order valence-electron chi connectivity index (χ3n) is 4.91. The van der Waals surface area contributed by atoms with Gasteiger partial charge >= 0.3 is 0 Å². The Kier molecular flexibility index (Phi) is 4.09. The fraction of sp³-hybridized carbons (Fsp3) is 0. The van der Waals surface area contributed by atoms with Gasteiger partial charge in [0.05, 0.1) is 45.6 Å². The first-order valence-electron chi connectivity index (χ1n) is 9.32. The average molecular weight is 386 g/mol. The summed E-state index contributed by atoms with van der Waals surface area (Å²) in [7, 11) is 0. The number of allylic oxidation sites excluding steroid dienone is 8. The molecule has 0 aromatic carbocycles. The molecule has 0 saturated heterocycles. The Bertz CT molecular complexity index is 1250. The maximum absolute atomic E-state index is 9.87. The lowest BCUT2D eigenvalue weighted by molar-refractivity contribution is 1.06. The molecular formula is C24H14N6. The van der Waals surface area contributed by atoms with Crippen LogP contribution in [0.5, 0.6) is 0 Å². The van der Waals surface area contributed by atoms with Crippen LogP contribution in [0.15, 0.2) is 84.2 Å². The van der Waals surface area contributed by atoms with Crippen molar-refractivity contribution in [3.05, 3.63) is 107 Å². The zero-order valence-electron chi connectivity index (χ0n) is 15.7. The number of rotatable bonds is 0. The van der Waals surface area contributed by atoms with Crippen LogP contribution < -0.4 is 10.6 Å². The van der Waals surface area contributed by atoms with Gasteiger partial charge in [-0.25, -0.2) is 9.97 Å². The van der Waals surface area contributed by atoms with Crippen LogP contribution in [0.2, 0.25) is 0 Å².